The molecule has 2 aliphatic heterocycles. The number of carbonyl (C=O) groups is 2. The average Bonchev–Trinajstić information content (AvgIpc) is 3.08. The smallest absolute Gasteiger partial charge is 0.267 e. The van der Waals surface area contributed by atoms with Crippen LogP contribution < -0.4 is 11.1 Å². The van der Waals surface area contributed by atoms with E-state index in [0.717, 1.165) is 42.3 Å². The molecule has 3 heterocycles. The summed E-state index contributed by atoms with van der Waals surface area (Å²) in [6.45, 7) is 3.17. The van der Waals surface area contributed by atoms with E-state index in [1.54, 1.807) is 0 Å². The molecule has 0 unspecified atom stereocenters. The lowest BCUT2D eigenvalue weighted by molar-refractivity contribution is -0.139. The Morgan fingerprint density at radius 2 is 2.19 bits per heavy atom. The van der Waals surface area contributed by atoms with Gasteiger partial charge < -0.3 is 20.9 Å². The Morgan fingerprint density at radius 3 is 2.88 bits per heavy atom. The summed E-state index contributed by atoms with van der Waals surface area (Å²) in [5.74, 6) is 0.424. The number of aromatic amines is 1. The third kappa shape index (κ3) is 2.98. The number of fused-ring (bicyclic) bond motifs is 4. The number of carbonyl (C=O) groups excluding carboxylic acids is 2. The molecule has 2 saturated heterocycles. The van der Waals surface area contributed by atoms with E-state index in [1.807, 2.05) is 36.1 Å². The molecule has 2 bridgehead atoms. The third-order valence-electron chi connectivity index (χ3n) is 5.94. The first-order valence-electron chi connectivity index (χ1n) is 9.45. The van der Waals surface area contributed by atoms with Gasteiger partial charge in [0.1, 0.15) is 5.69 Å². The van der Waals surface area contributed by atoms with Gasteiger partial charge in [0.15, 0.2) is 0 Å². The molecule has 3 aliphatic rings. The molecule has 6 heteroatoms. The van der Waals surface area contributed by atoms with E-state index in [2.05, 4.69) is 10.3 Å². The van der Waals surface area contributed by atoms with Gasteiger partial charge in [-0.3, -0.25) is 9.59 Å². The van der Waals surface area contributed by atoms with Crippen LogP contribution in [0.1, 0.15) is 41.7 Å². The van der Waals surface area contributed by atoms with Crippen LogP contribution in [0.2, 0.25) is 0 Å². The Hall–Kier alpha value is -2.34. The largest absolute Gasteiger partial charge is 0.350 e. The second-order valence-corrected chi connectivity index (χ2v) is 7.61. The number of aryl methyl sites for hydroxylation is 1. The number of aromatic nitrogens is 1. The minimum absolute atomic E-state index is 0.0574. The molecule has 1 aromatic carbocycles. The molecule has 1 aliphatic carbocycles. The van der Waals surface area contributed by atoms with Crippen molar-refractivity contribution in [1.29, 1.82) is 0 Å². The van der Waals surface area contributed by atoms with E-state index in [0.29, 0.717) is 24.6 Å². The van der Waals surface area contributed by atoms with Gasteiger partial charge in [-0.25, -0.2) is 0 Å². The molecule has 4 N–H and O–H groups in total. The first-order valence-corrected chi connectivity index (χ1v) is 9.45. The standard InChI is InChI=1S/C20H26N4O2/c1-12-3-2-4-13-9-17(22-19(12)13)20(26)23-16-10-15-6-5-14(16)11-24(15)18(25)7-8-21/h2-4,9,14-16,22H,5-8,10-11,21H2,1H3,(H,23,26)/t14-,15-,16+/m1/s1. The lowest BCUT2D eigenvalue weighted by atomic mass is 9.76. The highest BCUT2D eigenvalue weighted by molar-refractivity contribution is 5.98. The van der Waals surface area contributed by atoms with Crippen molar-refractivity contribution in [3.05, 3.63) is 35.5 Å². The normalized spacial score (nSPS) is 24.8. The quantitative estimate of drug-likeness (QED) is 0.783. The molecule has 1 saturated carbocycles. The maximum Gasteiger partial charge on any atom is 0.267 e. The van der Waals surface area contributed by atoms with E-state index in [4.69, 9.17) is 5.73 Å². The Morgan fingerprint density at radius 1 is 1.35 bits per heavy atom. The van der Waals surface area contributed by atoms with Gasteiger partial charge in [-0.15, -0.1) is 0 Å². The van der Waals surface area contributed by atoms with Crippen molar-refractivity contribution in [2.24, 2.45) is 11.7 Å². The van der Waals surface area contributed by atoms with Crippen LogP contribution in [0.3, 0.4) is 0 Å². The number of hydrogen-bond acceptors (Lipinski definition) is 3. The highest BCUT2D eigenvalue weighted by atomic mass is 16.2. The molecule has 138 valence electrons. The van der Waals surface area contributed by atoms with Crippen LogP contribution in [0.4, 0.5) is 0 Å². The topological polar surface area (TPSA) is 91.2 Å². The van der Waals surface area contributed by atoms with Crippen molar-refractivity contribution >= 4 is 22.7 Å². The maximum absolute atomic E-state index is 12.7. The minimum Gasteiger partial charge on any atom is -0.350 e. The number of nitrogens with one attached hydrogen (secondary N) is 2. The number of amides is 2. The molecule has 5 rings (SSSR count). The molecule has 6 nitrogen and oxygen atoms in total. The SMILES string of the molecule is Cc1cccc2cc(C(=O)N[C@H]3C[C@H]4CC[C@@H]3CN4C(=O)CCN)[nH]c12. The monoisotopic (exact) mass is 354 g/mol. The van der Waals surface area contributed by atoms with Crippen LogP contribution in [0.25, 0.3) is 10.9 Å². The van der Waals surface area contributed by atoms with Gasteiger partial charge in [-0.2, -0.15) is 0 Å². The summed E-state index contributed by atoms with van der Waals surface area (Å²) in [5.41, 5.74) is 8.28. The fourth-order valence-electron chi connectivity index (χ4n) is 4.54. The number of H-pyrrole nitrogens is 1. The Kier molecular flexibility index (Phi) is 4.44. The van der Waals surface area contributed by atoms with E-state index in [1.165, 1.54) is 0 Å². The van der Waals surface area contributed by atoms with Crippen LogP contribution in [-0.4, -0.2) is 46.9 Å². The number of rotatable bonds is 4. The lowest BCUT2D eigenvalue weighted by Crippen LogP contribution is -2.60. The van der Waals surface area contributed by atoms with E-state index < -0.39 is 0 Å². The van der Waals surface area contributed by atoms with Gasteiger partial charge in [0.2, 0.25) is 5.91 Å². The maximum atomic E-state index is 12.7. The Bertz CT molecular complexity index is 843. The number of nitrogens with two attached hydrogens (primary N) is 1. The van der Waals surface area contributed by atoms with Crippen LogP contribution >= 0.6 is 0 Å². The third-order valence-corrected chi connectivity index (χ3v) is 5.94. The van der Waals surface area contributed by atoms with E-state index >= 15 is 0 Å². The Balaban J connectivity index is 1.45. The van der Waals surface area contributed by atoms with Gasteiger partial charge in [-0.05, 0) is 43.7 Å². The molecule has 2 aromatic rings. The molecule has 2 amide bonds. The fourth-order valence-corrected chi connectivity index (χ4v) is 4.54. The molecule has 3 atom stereocenters. The summed E-state index contributed by atoms with van der Waals surface area (Å²) >= 11 is 0. The summed E-state index contributed by atoms with van der Waals surface area (Å²) in [7, 11) is 0. The molecule has 3 fully saturated rings. The molecule has 0 spiro atoms. The molecule has 1 aromatic heterocycles. The van der Waals surface area contributed by atoms with Gasteiger partial charge in [0.05, 0.1) is 0 Å². The van der Waals surface area contributed by atoms with Gasteiger partial charge in [0.25, 0.3) is 5.91 Å². The average molecular weight is 354 g/mol. The van der Waals surface area contributed by atoms with Crippen LogP contribution in [-0.2, 0) is 4.79 Å². The second-order valence-electron chi connectivity index (χ2n) is 7.61. The first kappa shape index (κ1) is 17.1. The van der Waals surface area contributed by atoms with Crippen LogP contribution in [0.15, 0.2) is 24.3 Å². The molecular formula is C20H26N4O2. The van der Waals surface area contributed by atoms with Crippen molar-refractivity contribution in [2.75, 3.05) is 13.1 Å². The predicted octanol–water partition coefficient (Wildman–Crippen LogP) is 1.93. The molecule has 0 radical (unpaired) electrons. The number of piperidine rings is 2. The summed E-state index contributed by atoms with van der Waals surface area (Å²) in [4.78, 5) is 30.2. The molecular weight excluding hydrogens is 328 g/mol. The van der Waals surface area contributed by atoms with Crippen molar-refractivity contribution in [2.45, 2.75) is 44.7 Å². The van der Waals surface area contributed by atoms with Crippen molar-refractivity contribution in [1.82, 2.24) is 15.2 Å². The highest BCUT2D eigenvalue weighted by Crippen LogP contribution is 2.35. The van der Waals surface area contributed by atoms with Crippen molar-refractivity contribution < 1.29 is 9.59 Å². The second kappa shape index (κ2) is 6.76. The minimum atomic E-state index is -0.0574. The highest BCUT2D eigenvalue weighted by Gasteiger charge is 2.42. The summed E-state index contributed by atoms with van der Waals surface area (Å²) < 4.78 is 0. The summed E-state index contributed by atoms with van der Waals surface area (Å²) in [6.07, 6.45) is 3.34. The van der Waals surface area contributed by atoms with Crippen molar-refractivity contribution in [3.63, 3.8) is 0 Å². The lowest BCUT2D eigenvalue weighted by Gasteiger charge is -2.49. The number of hydrogen-bond donors (Lipinski definition) is 3. The number of benzene rings is 1. The first-order chi connectivity index (χ1) is 12.6. The van der Waals surface area contributed by atoms with Crippen LogP contribution in [0.5, 0.6) is 0 Å². The summed E-state index contributed by atoms with van der Waals surface area (Å²) in [6, 6.07) is 8.33. The number of nitrogens with zero attached hydrogens (tertiary/aromatic N) is 1. The summed E-state index contributed by atoms with van der Waals surface area (Å²) in [5, 5.41) is 4.26. The van der Waals surface area contributed by atoms with Crippen LogP contribution in [0, 0.1) is 12.8 Å². The predicted molar refractivity (Wildman–Crippen MR) is 101 cm³/mol. The molecule has 26 heavy (non-hydrogen) atoms. The van der Waals surface area contributed by atoms with E-state index in [-0.39, 0.29) is 23.9 Å². The van der Waals surface area contributed by atoms with Gasteiger partial charge >= 0.3 is 0 Å². The zero-order valence-corrected chi connectivity index (χ0v) is 15.1. The van der Waals surface area contributed by atoms with Gasteiger partial charge in [0, 0.05) is 42.5 Å². The zero-order chi connectivity index (χ0) is 18.3. The fraction of sp³-hybridized carbons (Fsp3) is 0.500. The van der Waals surface area contributed by atoms with Gasteiger partial charge in [-0.1, -0.05) is 18.2 Å². The Labute approximate surface area is 153 Å². The van der Waals surface area contributed by atoms with E-state index in [9.17, 15) is 9.59 Å². The zero-order valence-electron chi connectivity index (χ0n) is 15.1. The van der Waals surface area contributed by atoms with Crippen molar-refractivity contribution in [3.8, 4) is 0 Å². The number of para-hydroxylation sites is 1.